The fourth-order valence-electron chi connectivity index (χ4n) is 1.26. The summed E-state index contributed by atoms with van der Waals surface area (Å²) in [4.78, 5) is 22.6. The van der Waals surface area contributed by atoms with Crippen LogP contribution >= 0.6 is 0 Å². The maximum Gasteiger partial charge on any atom is 0.363 e. The van der Waals surface area contributed by atoms with Gasteiger partial charge in [0.2, 0.25) is 10.6 Å². The number of carbonyl (C=O) groups is 2. The van der Waals surface area contributed by atoms with Gasteiger partial charge >= 0.3 is 11.9 Å². The number of methoxy groups -OCH3 is 2. The monoisotopic (exact) mass is 274 g/mol. The van der Waals surface area contributed by atoms with E-state index >= 15 is 0 Å². The van der Waals surface area contributed by atoms with E-state index in [2.05, 4.69) is 14.6 Å². The van der Waals surface area contributed by atoms with Crippen LogP contribution in [0.25, 0.3) is 0 Å². The number of rotatable bonds is 5. The van der Waals surface area contributed by atoms with Crippen molar-refractivity contribution in [3.63, 3.8) is 0 Å². The van der Waals surface area contributed by atoms with Crippen LogP contribution in [0.2, 0.25) is 0 Å². The molecule has 0 aliphatic rings. The Morgan fingerprint density at radius 2 is 2.11 bits per heavy atom. The van der Waals surface area contributed by atoms with Gasteiger partial charge in [0.25, 0.3) is 0 Å². The molecule has 8 heteroatoms. The number of carbonyl (C=O) groups excluding carboxylic acids is 2. The summed E-state index contributed by atoms with van der Waals surface area (Å²) in [5, 5.41) is 3.88. The summed E-state index contributed by atoms with van der Waals surface area (Å²) in [6.45, 7) is 0. The van der Waals surface area contributed by atoms with Crippen LogP contribution in [0, 0.1) is 0 Å². The fourth-order valence-corrected chi connectivity index (χ4v) is 2.44. The highest BCUT2D eigenvalue weighted by molar-refractivity contribution is 7.91. The second-order valence-electron chi connectivity index (χ2n) is 3.38. The molecule has 1 unspecified atom stereocenters. The largest absolute Gasteiger partial charge is 0.611 e. The van der Waals surface area contributed by atoms with Gasteiger partial charge in [-0.1, -0.05) is 0 Å². The summed E-state index contributed by atoms with van der Waals surface area (Å²) >= 11 is -1.50. The number of aromatic nitrogens is 2. The zero-order valence-electron chi connectivity index (χ0n) is 10.3. The number of nitrogens with zero attached hydrogens (tertiary/aromatic N) is 2. The summed E-state index contributed by atoms with van der Waals surface area (Å²) in [7, 11) is 4.08. The van der Waals surface area contributed by atoms with Crippen molar-refractivity contribution < 1.29 is 23.6 Å². The van der Waals surface area contributed by atoms with Gasteiger partial charge in [-0.25, -0.2) is 4.79 Å². The smallest absolute Gasteiger partial charge is 0.363 e. The van der Waals surface area contributed by atoms with E-state index in [4.69, 9.17) is 0 Å². The molecule has 18 heavy (non-hydrogen) atoms. The first-order valence-corrected chi connectivity index (χ1v) is 6.38. The van der Waals surface area contributed by atoms with E-state index in [0.29, 0.717) is 0 Å². The van der Waals surface area contributed by atoms with Gasteiger partial charge in [0, 0.05) is 7.05 Å². The van der Waals surface area contributed by atoms with Crippen molar-refractivity contribution in [3.8, 4) is 0 Å². The Bertz CT molecular complexity index is 445. The van der Waals surface area contributed by atoms with Gasteiger partial charge in [-0.3, -0.25) is 9.48 Å². The minimum atomic E-state index is -1.50. The first-order chi connectivity index (χ1) is 8.49. The van der Waals surface area contributed by atoms with Crippen molar-refractivity contribution in [2.24, 2.45) is 7.05 Å². The molecule has 0 amide bonds. The van der Waals surface area contributed by atoms with Crippen LogP contribution in [0.1, 0.15) is 16.9 Å². The Labute approximate surface area is 107 Å². The molecule has 0 aliphatic carbocycles. The molecule has 1 atom stereocenters. The van der Waals surface area contributed by atoms with E-state index in [-0.39, 0.29) is 22.8 Å². The SMILES string of the molecule is COC(=O)CC[S+]([O-])c1cn(C)nc1C(=O)OC. The number of aryl methyl sites for hydroxylation is 1. The van der Waals surface area contributed by atoms with Gasteiger partial charge in [-0.2, -0.15) is 5.10 Å². The zero-order valence-corrected chi connectivity index (χ0v) is 11.2. The molecule has 1 rings (SSSR count). The van der Waals surface area contributed by atoms with Gasteiger partial charge < -0.3 is 14.0 Å². The van der Waals surface area contributed by atoms with E-state index < -0.39 is 23.1 Å². The van der Waals surface area contributed by atoms with Crippen LogP contribution in [0.5, 0.6) is 0 Å². The van der Waals surface area contributed by atoms with Gasteiger partial charge in [0.1, 0.15) is 5.75 Å². The van der Waals surface area contributed by atoms with E-state index in [9.17, 15) is 14.1 Å². The lowest BCUT2D eigenvalue weighted by atomic mass is 10.4. The standard InChI is InChI=1S/C10H14N2O5S/c1-12-6-7(9(11-12)10(14)17-3)18(15)5-4-8(13)16-2/h6H,4-5H2,1-3H3. The Kier molecular flexibility index (Phi) is 5.17. The van der Waals surface area contributed by atoms with E-state index in [1.165, 1.54) is 25.1 Å². The van der Waals surface area contributed by atoms with Crippen LogP contribution in [0.3, 0.4) is 0 Å². The third-order valence-corrected chi connectivity index (χ3v) is 3.50. The summed E-state index contributed by atoms with van der Waals surface area (Å²) in [6.07, 6.45) is 1.48. The maximum atomic E-state index is 12.0. The molecule has 0 saturated carbocycles. The predicted molar refractivity (Wildman–Crippen MR) is 62.5 cm³/mol. The summed E-state index contributed by atoms with van der Waals surface area (Å²) < 4.78 is 22.3. The van der Waals surface area contributed by atoms with Crippen LogP contribution in [0.4, 0.5) is 0 Å². The van der Waals surface area contributed by atoms with Crippen LogP contribution in [-0.4, -0.2) is 46.2 Å². The molecule has 1 aromatic rings. The molecule has 100 valence electrons. The Balaban J connectivity index is 2.81. The first-order valence-electron chi connectivity index (χ1n) is 5.06. The summed E-state index contributed by atoms with van der Waals surface area (Å²) in [5.41, 5.74) is 0.00296. The molecule has 0 saturated heterocycles. The molecule has 0 aromatic carbocycles. The lowest BCUT2D eigenvalue weighted by Crippen LogP contribution is -2.15. The average Bonchev–Trinajstić information content (AvgIpc) is 2.76. The molecule has 1 aromatic heterocycles. The van der Waals surface area contributed by atoms with Crippen molar-refractivity contribution in [1.82, 2.24) is 9.78 Å². The van der Waals surface area contributed by atoms with Crippen molar-refractivity contribution in [2.45, 2.75) is 11.3 Å². The highest BCUT2D eigenvalue weighted by atomic mass is 32.2. The molecule has 0 N–H and O–H groups in total. The third-order valence-electron chi connectivity index (χ3n) is 2.14. The van der Waals surface area contributed by atoms with Crippen LogP contribution < -0.4 is 0 Å². The van der Waals surface area contributed by atoms with Crippen molar-refractivity contribution in [2.75, 3.05) is 20.0 Å². The molecule has 0 fully saturated rings. The summed E-state index contributed by atoms with van der Waals surface area (Å²) in [5.74, 6) is -1.04. The molecule has 7 nitrogen and oxygen atoms in total. The number of esters is 2. The van der Waals surface area contributed by atoms with E-state index in [1.54, 1.807) is 7.05 Å². The third kappa shape index (κ3) is 3.47. The number of hydrogen-bond acceptors (Lipinski definition) is 6. The molecular weight excluding hydrogens is 260 g/mol. The Hall–Kier alpha value is -1.54. The van der Waals surface area contributed by atoms with Crippen molar-refractivity contribution in [1.29, 1.82) is 0 Å². The van der Waals surface area contributed by atoms with Crippen molar-refractivity contribution >= 4 is 23.1 Å². The van der Waals surface area contributed by atoms with Gasteiger partial charge in [0.05, 0.1) is 26.8 Å². The quantitative estimate of drug-likeness (QED) is 0.549. The molecular formula is C10H14N2O5S. The maximum absolute atomic E-state index is 12.0. The fraction of sp³-hybridized carbons (Fsp3) is 0.500. The zero-order chi connectivity index (χ0) is 13.7. The normalized spacial score (nSPS) is 12.0. The van der Waals surface area contributed by atoms with Crippen LogP contribution in [-0.2, 0) is 32.5 Å². The average molecular weight is 274 g/mol. The molecule has 1 heterocycles. The van der Waals surface area contributed by atoms with E-state index in [0.717, 1.165) is 0 Å². The molecule has 0 aliphatic heterocycles. The number of hydrogen-bond donors (Lipinski definition) is 0. The first kappa shape index (κ1) is 14.5. The molecule has 0 spiro atoms. The second-order valence-corrected chi connectivity index (χ2v) is 4.92. The van der Waals surface area contributed by atoms with Crippen molar-refractivity contribution in [3.05, 3.63) is 11.9 Å². The minimum absolute atomic E-state index is 0.00296. The highest BCUT2D eigenvalue weighted by Crippen LogP contribution is 2.17. The van der Waals surface area contributed by atoms with Gasteiger partial charge in [-0.05, 0) is 11.2 Å². The highest BCUT2D eigenvalue weighted by Gasteiger charge is 2.26. The van der Waals surface area contributed by atoms with Gasteiger partial charge in [0.15, 0.2) is 0 Å². The summed E-state index contributed by atoms with van der Waals surface area (Å²) in [6, 6.07) is 0. The van der Waals surface area contributed by atoms with Crippen LogP contribution in [0.15, 0.2) is 11.1 Å². The molecule has 0 bridgehead atoms. The number of ether oxygens (including phenoxy) is 2. The Morgan fingerprint density at radius 3 is 2.67 bits per heavy atom. The lowest BCUT2D eigenvalue weighted by molar-refractivity contribution is -0.140. The minimum Gasteiger partial charge on any atom is -0.611 e. The second kappa shape index (κ2) is 6.41. The lowest BCUT2D eigenvalue weighted by Gasteiger charge is -2.08. The molecule has 0 radical (unpaired) electrons. The topological polar surface area (TPSA) is 93.5 Å². The Morgan fingerprint density at radius 1 is 1.44 bits per heavy atom. The predicted octanol–water partition coefficient (Wildman–Crippen LogP) is -0.123. The van der Waals surface area contributed by atoms with E-state index in [1.807, 2.05) is 0 Å². The van der Waals surface area contributed by atoms with Gasteiger partial charge in [-0.15, -0.1) is 0 Å².